The number of hydrogen-bond acceptors (Lipinski definition) is 27. The van der Waals surface area contributed by atoms with Gasteiger partial charge in [0.15, 0.2) is 24.9 Å². The van der Waals surface area contributed by atoms with E-state index >= 15 is 0 Å². The summed E-state index contributed by atoms with van der Waals surface area (Å²) in [5.41, 5.74) is 0.682. The van der Waals surface area contributed by atoms with Crippen molar-refractivity contribution in [1.82, 2.24) is 38.2 Å². The van der Waals surface area contributed by atoms with Gasteiger partial charge in [-0.1, -0.05) is 115 Å². The fourth-order valence-electron chi connectivity index (χ4n) is 14.2. The summed E-state index contributed by atoms with van der Waals surface area (Å²) in [5.74, 6) is 1.64. The lowest BCUT2D eigenvalue weighted by molar-refractivity contribution is -0.130. The van der Waals surface area contributed by atoms with Gasteiger partial charge in [0, 0.05) is 68.4 Å². The standard InChI is InChI=1S/C22H29N3O5.C21H19ClO2.2C16H26N2O6.C15H24N2O7.CH4/c1-5-16-18(26)19(29-14(4)13(2)3)21(30-16)25-12-11-17(24-22(25)28)23-20(27)15-9-7-6-8-10-15;1-23-19-12-8-17(9-13-19)21(22,16-6-4-3-5-7-16)18-10-14-20(24-2)15-11-18;2*1-6-11-12(19)13(23-10(4)9(3)22-5)15(24-11)18-7-8(2)14(20)17-16(18)21;1-7-5-17(15(21)16-13(7)20)14-12(11(19)10(6-18)24-14)23-9(3)8(2)22-4;/h6-14,16,18-19,21,26H,5H2,1-4H3,(H,23,24,27,28);3-15H,1-2H3;2*7,9-13,15,19H,6H2,1-5H3,(H,17,20,21);5,8-12,14,18-19H,6H2,1-4H3,(H,16,20,21);1H4/t14-,16-,18?,19+,21-;;2*9-,10-,11-,12?,13+,15-;8-,9-,10-,11?,12+,14-;/m1.111./s1. The summed E-state index contributed by atoms with van der Waals surface area (Å²) in [4.78, 5) is 106. The molecule has 36 heteroatoms. The molecular formula is C91H128ClN9O26. The number of ether oxygens (including phenoxy) is 13. The van der Waals surface area contributed by atoms with E-state index in [1.807, 2.05) is 161 Å². The zero-order valence-corrected chi connectivity index (χ0v) is 75.6. The van der Waals surface area contributed by atoms with E-state index in [-0.39, 0.29) is 61.7 Å². The Bertz CT molecular complexity index is 4870. The van der Waals surface area contributed by atoms with Gasteiger partial charge in [0.05, 0.1) is 81.9 Å². The number of aryl methyl sites for hydroxylation is 3. The number of amides is 1. The van der Waals surface area contributed by atoms with Crippen molar-refractivity contribution in [3.63, 3.8) is 0 Å². The van der Waals surface area contributed by atoms with Crippen molar-refractivity contribution >= 4 is 23.3 Å². The van der Waals surface area contributed by atoms with Crippen LogP contribution in [0.3, 0.4) is 0 Å². The normalized spacial score (nSPS) is 24.7. The van der Waals surface area contributed by atoms with Gasteiger partial charge in [0.1, 0.15) is 77.1 Å². The van der Waals surface area contributed by atoms with E-state index in [0.717, 1.165) is 32.8 Å². The molecule has 4 aromatic heterocycles. The molecule has 35 nitrogen and oxygen atoms in total. The number of aliphatic hydroxyl groups excluding tert-OH is 5. The van der Waals surface area contributed by atoms with Crippen LogP contribution in [-0.4, -0.2) is 228 Å². The monoisotopic (exact) mass is 1800 g/mol. The van der Waals surface area contributed by atoms with E-state index in [1.54, 1.807) is 80.4 Å². The number of aromatic nitrogens is 8. The topological polar surface area (TPSA) is 450 Å². The number of nitrogens with one attached hydrogen (secondary N) is 4. The number of nitrogens with zero attached hydrogens (tertiary/aromatic N) is 5. The Labute approximate surface area is 743 Å². The Morgan fingerprint density at radius 2 is 0.756 bits per heavy atom. The highest BCUT2D eigenvalue weighted by Crippen LogP contribution is 2.45. The Balaban J connectivity index is 0.000000218. The Kier molecular flexibility index (Phi) is 39.7. The predicted octanol–water partition coefficient (Wildman–Crippen LogP) is 8.01. The number of H-pyrrole nitrogens is 3. The number of aromatic amines is 3. The number of halogens is 1. The summed E-state index contributed by atoms with van der Waals surface area (Å²) in [6.07, 6.45) is -6.85. The Morgan fingerprint density at radius 3 is 1.06 bits per heavy atom. The lowest BCUT2D eigenvalue weighted by atomic mass is 9.84. The summed E-state index contributed by atoms with van der Waals surface area (Å²) in [6.45, 7) is 26.9. The van der Waals surface area contributed by atoms with Gasteiger partial charge in [-0.2, -0.15) is 4.98 Å². The molecule has 8 heterocycles. The maximum atomic E-state index is 12.7. The molecule has 4 aliphatic heterocycles. The van der Waals surface area contributed by atoms with Crippen molar-refractivity contribution in [3.8, 4) is 11.5 Å². The molecule has 700 valence electrons. The van der Waals surface area contributed by atoms with Gasteiger partial charge in [0.2, 0.25) is 0 Å². The Morgan fingerprint density at radius 1 is 0.449 bits per heavy atom. The number of anilines is 1. The average molecular weight is 1800 g/mol. The lowest BCUT2D eigenvalue weighted by Crippen LogP contribution is -2.43. The largest absolute Gasteiger partial charge is 0.497 e. The van der Waals surface area contributed by atoms with Gasteiger partial charge in [-0.15, -0.1) is 11.6 Å². The van der Waals surface area contributed by atoms with Crippen molar-refractivity contribution in [2.24, 2.45) is 5.92 Å². The molecule has 127 heavy (non-hydrogen) atoms. The van der Waals surface area contributed by atoms with Crippen LogP contribution in [0.1, 0.15) is 178 Å². The minimum absolute atomic E-state index is 0. The van der Waals surface area contributed by atoms with Crippen molar-refractivity contribution in [2.45, 2.75) is 276 Å². The number of aliphatic hydroxyl groups is 5. The van der Waals surface area contributed by atoms with Crippen molar-refractivity contribution < 1.29 is 91.9 Å². The number of alkyl halides is 1. The summed E-state index contributed by atoms with van der Waals surface area (Å²) < 4.78 is 78.2. The number of benzene rings is 4. The molecule has 9 N–H and O–H groups in total. The van der Waals surface area contributed by atoms with Crippen LogP contribution in [0.4, 0.5) is 5.82 Å². The van der Waals surface area contributed by atoms with E-state index in [2.05, 4.69) is 25.3 Å². The van der Waals surface area contributed by atoms with E-state index in [4.69, 9.17) is 73.2 Å². The number of rotatable bonds is 30. The SMILES string of the molecule is C.CC[C@H]1O[C@@H](n2cc(C)c(=O)[nH]c2=O)[C@@H](O[C@H](C)[C@@H](C)OC)C1O.CC[C@H]1O[C@@H](n2cc(C)c(=O)[nH]c2=O)[C@@H](O[C@H](C)[C@@H](C)OC)C1O.CC[C@H]1O[C@@H](n2ccc(NC(=O)c3ccccc3)nc2=O)[C@@H](O[C@H](C)C(C)C)C1O.CO[C@H](C)[C@@H](C)O[C@H]1C(O)[C@@H](CO)O[C@H]1n1cc(C)c(=O)[nH]c1=O.COc1ccc(C(Cl)(c2ccccc2)c2ccc(OC)cc2)cc1. The number of methoxy groups -OCH3 is 5. The minimum Gasteiger partial charge on any atom is -0.497 e. The fourth-order valence-corrected chi connectivity index (χ4v) is 14.5. The molecule has 12 rings (SSSR count). The predicted molar refractivity (Wildman–Crippen MR) is 475 cm³/mol. The second kappa shape index (κ2) is 48.2. The number of carbonyl (C=O) groups is 1. The van der Waals surface area contributed by atoms with Gasteiger partial charge >= 0.3 is 22.8 Å². The first-order chi connectivity index (χ1) is 59.9. The molecular weight excluding hydrogens is 1670 g/mol. The first-order valence-electron chi connectivity index (χ1n) is 42.0. The second-order valence-electron chi connectivity index (χ2n) is 31.7. The zero-order valence-electron chi connectivity index (χ0n) is 74.9. The lowest BCUT2D eigenvalue weighted by Gasteiger charge is -2.29. The van der Waals surface area contributed by atoms with E-state index in [0.29, 0.717) is 41.5 Å². The average Bonchev–Trinajstić information content (AvgIpc) is 1.73. The highest BCUT2D eigenvalue weighted by Gasteiger charge is 2.51. The summed E-state index contributed by atoms with van der Waals surface area (Å²) in [7, 11) is 8.01. The number of hydrogen-bond donors (Lipinski definition) is 9. The first kappa shape index (κ1) is 105. The van der Waals surface area contributed by atoms with Crippen molar-refractivity contribution in [3.05, 3.63) is 252 Å². The van der Waals surface area contributed by atoms with Gasteiger partial charge < -0.3 is 92.4 Å². The zero-order chi connectivity index (χ0) is 92.9. The quantitative estimate of drug-likeness (QED) is 0.0152. The maximum Gasteiger partial charge on any atom is 0.351 e. The molecule has 0 spiro atoms. The van der Waals surface area contributed by atoms with E-state index in [9.17, 15) is 63.9 Å². The highest BCUT2D eigenvalue weighted by atomic mass is 35.5. The fraction of sp³-hybridized carbons (Fsp3) is 0.549. The number of carbonyl (C=O) groups excluding carboxylic acids is 1. The van der Waals surface area contributed by atoms with E-state index < -0.39 is 155 Å². The van der Waals surface area contributed by atoms with Crippen LogP contribution >= 0.6 is 11.6 Å². The third kappa shape index (κ3) is 25.8. The smallest absolute Gasteiger partial charge is 0.351 e. The summed E-state index contributed by atoms with van der Waals surface area (Å²) >= 11 is 7.22. The van der Waals surface area contributed by atoms with Crippen LogP contribution in [0, 0.1) is 26.7 Å². The molecule has 4 aromatic carbocycles. The molecule has 0 saturated carbocycles. The molecule has 4 unspecified atom stereocenters. The molecule has 4 fully saturated rings. The molecule has 4 aliphatic rings. The molecule has 0 aliphatic carbocycles. The van der Waals surface area contributed by atoms with Crippen LogP contribution in [0.25, 0.3) is 0 Å². The van der Waals surface area contributed by atoms with Gasteiger partial charge in [0.25, 0.3) is 22.6 Å². The third-order valence-electron chi connectivity index (χ3n) is 23.0. The van der Waals surface area contributed by atoms with Gasteiger partial charge in [-0.25, -0.2) is 19.2 Å². The molecule has 0 bridgehead atoms. The first-order valence-corrected chi connectivity index (χ1v) is 42.4. The molecule has 4 saturated heterocycles. The third-order valence-corrected chi connectivity index (χ3v) is 23.6. The summed E-state index contributed by atoms with van der Waals surface area (Å²) in [5, 5.41) is 54.0. The molecule has 1 amide bonds. The van der Waals surface area contributed by atoms with Crippen LogP contribution in [0.2, 0.25) is 0 Å². The van der Waals surface area contributed by atoms with Crippen LogP contribution in [0.5, 0.6) is 11.5 Å². The van der Waals surface area contributed by atoms with Crippen molar-refractivity contribution in [1.29, 1.82) is 0 Å². The van der Waals surface area contributed by atoms with Crippen LogP contribution in [0.15, 0.2) is 174 Å². The highest BCUT2D eigenvalue weighted by molar-refractivity contribution is 6.28. The van der Waals surface area contributed by atoms with Crippen molar-refractivity contribution in [2.75, 3.05) is 47.5 Å². The van der Waals surface area contributed by atoms with Crippen LogP contribution in [-0.2, 0) is 57.0 Å². The van der Waals surface area contributed by atoms with E-state index in [1.165, 1.54) is 51.7 Å². The van der Waals surface area contributed by atoms with Crippen LogP contribution < -0.4 is 54.2 Å². The van der Waals surface area contributed by atoms with Gasteiger partial charge in [-0.05, 0) is 154 Å². The minimum atomic E-state index is -1.13. The molecule has 23 atom stereocenters. The molecule has 8 aromatic rings. The van der Waals surface area contributed by atoms with Gasteiger partial charge in [-0.3, -0.25) is 52.4 Å². The maximum absolute atomic E-state index is 12.7. The Hall–Kier alpha value is -9.48. The second-order valence-corrected chi connectivity index (χ2v) is 32.2. The summed E-state index contributed by atoms with van der Waals surface area (Å²) in [6, 6.07) is 36.0. The molecule has 0 radical (unpaired) electrons.